The molecule has 9 nitrogen and oxygen atoms in total. The zero-order valence-electron chi connectivity index (χ0n) is 15.5. The molecule has 1 heterocycles. The van der Waals surface area contributed by atoms with E-state index in [4.69, 9.17) is 9.29 Å². The van der Waals surface area contributed by atoms with Gasteiger partial charge in [-0.15, -0.1) is 0 Å². The van der Waals surface area contributed by atoms with Gasteiger partial charge in [-0.3, -0.25) is 5.32 Å². The van der Waals surface area contributed by atoms with Crippen LogP contribution in [-0.2, 0) is 10.1 Å². The molecule has 0 bridgehead atoms. The monoisotopic (exact) mass is 404 g/mol. The van der Waals surface area contributed by atoms with Crippen LogP contribution >= 0.6 is 0 Å². The van der Waals surface area contributed by atoms with E-state index in [-0.39, 0.29) is 16.7 Å². The number of nitrogens with zero attached hydrogens (tertiary/aromatic N) is 2. The van der Waals surface area contributed by atoms with Gasteiger partial charge < -0.3 is 14.6 Å². The van der Waals surface area contributed by atoms with E-state index in [0.29, 0.717) is 10.7 Å². The largest absolute Gasteiger partial charge is 0.465 e. The first-order valence-corrected chi connectivity index (χ1v) is 9.89. The van der Waals surface area contributed by atoms with Crippen LogP contribution in [0, 0.1) is 0 Å². The van der Waals surface area contributed by atoms with Crippen molar-refractivity contribution < 1.29 is 22.5 Å². The molecular formula is C18H20N4O5S. The summed E-state index contributed by atoms with van der Waals surface area (Å²) in [4.78, 5) is 19.2. The van der Waals surface area contributed by atoms with Crippen molar-refractivity contribution in [3.63, 3.8) is 0 Å². The summed E-state index contributed by atoms with van der Waals surface area (Å²) in [5, 5.41) is 15.0. The summed E-state index contributed by atoms with van der Waals surface area (Å²) in [5.41, 5.74) is 0.803. The Hall–Kier alpha value is -3.14. The van der Waals surface area contributed by atoms with Gasteiger partial charge in [0.2, 0.25) is 5.79 Å². The summed E-state index contributed by atoms with van der Waals surface area (Å²) in [6.07, 6.45) is -1.27. The minimum absolute atomic E-state index is 0.0151. The second-order valence-electron chi connectivity index (χ2n) is 6.69. The molecule has 0 saturated heterocycles. The molecule has 148 valence electrons. The van der Waals surface area contributed by atoms with E-state index in [0.717, 1.165) is 5.69 Å². The first-order chi connectivity index (χ1) is 13.1. The minimum Gasteiger partial charge on any atom is -0.465 e. The molecule has 28 heavy (non-hydrogen) atoms. The van der Waals surface area contributed by atoms with Crippen LogP contribution in [0.15, 0.2) is 57.3 Å². The number of amides is 1. The SMILES string of the molecule is CC(C)Nc1ccc(S(=O)(=O)Oc2ccc3c(c2)=NC(C)(NC(=O)O)N=3)cc1. The zero-order valence-corrected chi connectivity index (χ0v) is 16.3. The number of benzene rings is 2. The zero-order chi connectivity index (χ0) is 20.5. The van der Waals surface area contributed by atoms with E-state index < -0.39 is 22.0 Å². The lowest BCUT2D eigenvalue weighted by Crippen LogP contribution is -2.41. The molecule has 2 aromatic rings. The van der Waals surface area contributed by atoms with Crippen LogP contribution in [0.4, 0.5) is 10.5 Å². The predicted molar refractivity (Wildman–Crippen MR) is 101 cm³/mol. The van der Waals surface area contributed by atoms with Gasteiger partial charge in [0, 0.05) is 24.7 Å². The maximum absolute atomic E-state index is 12.5. The molecule has 0 spiro atoms. The van der Waals surface area contributed by atoms with Crippen molar-refractivity contribution in [3.05, 3.63) is 53.2 Å². The van der Waals surface area contributed by atoms with Gasteiger partial charge in [0.15, 0.2) is 0 Å². The van der Waals surface area contributed by atoms with E-state index >= 15 is 0 Å². The average Bonchev–Trinajstić information content (AvgIpc) is 2.88. The molecule has 1 atom stereocenters. The third kappa shape index (κ3) is 4.39. The Kier molecular flexibility index (Phi) is 4.99. The predicted octanol–water partition coefficient (Wildman–Crippen LogP) is 1.47. The van der Waals surface area contributed by atoms with Crippen LogP contribution in [-0.4, -0.2) is 31.4 Å². The Bertz CT molecular complexity index is 1130. The molecule has 3 rings (SSSR count). The molecule has 10 heteroatoms. The molecule has 0 radical (unpaired) electrons. The lowest BCUT2D eigenvalue weighted by atomic mass is 10.3. The Morgan fingerprint density at radius 3 is 2.36 bits per heavy atom. The molecule has 3 N–H and O–H groups in total. The number of nitrogens with one attached hydrogen (secondary N) is 2. The number of hydrogen-bond donors (Lipinski definition) is 3. The maximum Gasteiger partial charge on any atom is 0.408 e. The fourth-order valence-electron chi connectivity index (χ4n) is 2.72. The van der Waals surface area contributed by atoms with Crippen LogP contribution in [0.5, 0.6) is 5.75 Å². The van der Waals surface area contributed by atoms with Crippen LogP contribution < -0.4 is 25.5 Å². The maximum atomic E-state index is 12.5. The number of anilines is 1. The number of carboxylic acid groups (broad SMARTS) is 1. The van der Waals surface area contributed by atoms with Gasteiger partial charge in [-0.25, -0.2) is 14.8 Å². The van der Waals surface area contributed by atoms with Gasteiger partial charge in [0.25, 0.3) is 0 Å². The van der Waals surface area contributed by atoms with Gasteiger partial charge in [0.05, 0.1) is 10.7 Å². The van der Waals surface area contributed by atoms with Crippen molar-refractivity contribution >= 4 is 21.9 Å². The quantitative estimate of drug-likeness (QED) is 0.625. The molecule has 0 fully saturated rings. The molecule has 1 aliphatic rings. The summed E-state index contributed by atoms with van der Waals surface area (Å²) in [7, 11) is -4.03. The summed E-state index contributed by atoms with van der Waals surface area (Å²) >= 11 is 0. The molecular weight excluding hydrogens is 384 g/mol. The molecule has 2 aromatic carbocycles. The fourth-order valence-corrected chi connectivity index (χ4v) is 3.64. The highest BCUT2D eigenvalue weighted by molar-refractivity contribution is 7.87. The minimum atomic E-state index is -4.03. The van der Waals surface area contributed by atoms with E-state index in [1.54, 1.807) is 12.1 Å². The summed E-state index contributed by atoms with van der Waals surface area (Å²) in [6, 6.07) is 10.8. The third-order valence-corrected chi connectivity index (χ3v) is 5.03. The van der Waals surface area contributed by atoms with E-state index in [2.05, 4.69) is 20.6 Å². The molecule has 0 saturated carbocycles. The average molecular weight is 404 g/mol. The first-order valence-electron chi connectivity index (χ1n) is 8.48. The Labute approximate surface area is 161 Å². The molecule has 1 unspecified atom stereocenters. The highest BCUT2D eigenvalue weighted by Crippen LogP contribution is 2.20. The second kappa shape index (κ2) is 7.12. The molecule has 0 aromatic heterocycles. The van der Waals surface area contributed by atoms with Crippen LogP contribution in [0.25, 0.3) is 0 Å². The lowest BCUT2D eigenvalue weighted by Gasteiger charge is -2.16. The van der Waals surface area contributed by atoms with Crippen molar-refractivity contribution in [2.24, 2.45) is 9.98 Å². The van der Waals surface area contributed by atoms with Gasteiger partial charge in [-0.1, -0.05) is 0 Å². The fraction of sp³-hybridized carbons (Fsp3) is 0.278. The third-order valence-electron chi connectivity index (χ3n) is 3.77. The highest BCUT2D eigenvalue weighted by Gasteiger charge is 2.27. The summed E-state index contributed by atoms with van der Waals surface area (Å²) < 4.78 is 30.2. The van der Waals surface area contributed by atoms with Gasteiger partial charge in [0.1, 0.15) is 10.6 Å². The van der Waals surface area contributed by atoms with Gasteiger partial charge in [-0.05, 0) is 50.2 Å². The number of hydrogen-bond acceptors (Lipinski definition) is 7. The van der Waals surface area contributed by atoms with Crippen molar-refractivity contribution in [2.75, 3.05) is 5.32 Å². The smallest absolute Gasteiger partial charge is 0.408 e. The molecule has 1 amide bonds. The van der Waals surface area contributed by atoms with Crippen LogP contribution in [0.1, 0.15) is 20.8 Å². The summed E-state index contributed by atoms with van der Waals surface area (Å²) in [6.45, 7) is 5.46. The Morgan fingerprint density at radius 2 is 1.75 bits per heavy atom. The van der Waals surface area contributed by atoms with Gasteiger partial charge >= 0.3 is 16.2 Å². The number of fused-ring (bicyclic) bond motifs is 1. The molecule has 0 aliphatic carbocycles. The van der Waals surface area contributed by atoms with E-state index in [1.165, 1.54) is 37.3 Å². The second-order valence-corrected chi connectivity index (χ2v) is 8.23. The van der Waals surface area contributed by atoms with E-state index in [1.807, 2.05) is 13.8 Å². The molecule has 1 aliphatic heterocycles. The van der Waals surface area contributed by atoms with E-state index in [9.17, 15) is 13.2 Å². The standard InChI is InChI=1S/C18H20N4O5S/c1-11(2)19-12-4-7-14(8-5-12)28(25,26)27-13-6-9-15-16(10-13)21-18(3,20-15)22-17(23)24/h4-11,19,22H,1-3H3,(H,23,24). The topological polar surface area (TPSA) is 129 Å². The normalized spacial score (nSPS) is 18.0. The Balaban J connectivity index is 1.84. The van der Waals surface area contributed by atoms with Crippen LogP contribution in [0.3, 0.4) is 0 Å². The highest BCUT2D eigenvalue weighted by atomic mass is 32.2. The van der Waals surface area contributed by atoms with Crippen LogP contribution in [0.2, 0.25) is 0 Å². The van der Waals surface area contributed by atoms with Crippen molar-refractivity contribution in [1.82, 2.24) is 5.32 Å². The lowest BCUT2D eigenvalue weighted by molar-refractivity contribution is 0.182. The number of rotatable bonds is 6. The Morgan fingerprint density at radius 1 is 1.11 bits per heavy atom. The summed E-state index contributed by atoms with van der Waals surface area (Å²) in [5.74, 6) is -1.30. The van der Waals surface area contributed by atoms with Crippen molar-refractivity contribution in [3.8, 4) is 5.75 Å². The first kappa shape index (κ1) is 19.6. The van der Waals surface area contributed by atoms with Gasteiger partial charge in [-0.2, -0.15) is 8.42 Å². The van der Waals surface area contributed by atoms with Crippen molar-refractivity contribution in [1.29, 1.82) is 0 Å². The number of carbonyl (C=O) groups is 1. The van der Waals surface area contributed by atoms with Crippen molar-refractivity contribution in [2.45, 2.75) is 37.5 Å².